The fraction of sp³-hybridized carbons (Fsp3) is 0.800. The highest BCUT2D eigenvalue weighted by molar-refractivity contribution is 5.78. The lowest BCUT2D eigenvalue weighted by Crippen LogP contribution is -2.38. The van der Waals surface area contributed by atoms with E-state index in [-0.39, 0.29) is 6.54 Å². The van der Waals surface area contributed by atoms with Crippen LogP contribution in [0, 0.1) is 0 Å². The summed E-state index contributed by atoms with van der Waals surface area (Å²) in [7, 11) is 0. The minimum Gasteiger partial charge on any atom is -0.461 e. The number of halogens is 4. The second-order valence-corrected chi connectivity index (χ2v) is 2.01. The summed E-state index contributed by atoms with van der Waals surface area (Å²) in [5, 5.41) is 2.84. The lowest BCUT2D eigenvalue weighted by molar-refractivity contribution is -0.193. The van der Waals surface area contributed by atoms with Crippen LogP contribution in [0.1, 0.15) is 0 Å². The average molecular weight is 215 g/mol. The molecule has 0 saturated carbocycles. The molecule has 0 aromatic carbocycles. The summed E-state index contributed by atoms with van der Waals surface area (Å²) in [5.41, 5.74) is 7.73. The minimum atomic E-state index is -4.82. The molecule has 0 aliphatic carbocycles. The number of alkyl halides is 4. The molecule has 0 fully saturated rings. The van der Waals surface area contributed by atoms with Gasteiger partial charge in [-0.1, -0.05) is 5.11 Å². The van der Waals surface area contributed by atoms with E-state index in [2.05, 4.69) is 14.8 Å². The second-order valence-electron chi connectivity index (χ2n) is 2.01. The van der Waals surface area contributed by atoms with Gasteiger partial charge in [-0.15, -0.1) is 0 Å². The van der Waals surface area contributed by atoms with Crippen LogP contribution in [-0.4, -0.2) is 31.5 Å². The van der Waals surface area contributed by atoms with Gasteiger partial charge in [-0.2, -0.15) is 8.78 Å². The highest BCUT2D eigenvalue weighted by Crippen LogP contribution is 2.23. The van der Waals surface area contributed by atoms with Gasteiger partial charge in [-0.05, 0) is 5.53 Å². The maximum absolute atomic E-state index is 12.1. The number of hydrogen-bond acceptors (Lipinski definition) is 3. The molecule has 0 aromatic heterocycles. The number of carbonyl (C=O) groups is 1. The number of carbonyl (C=O) groups excluding carboxylic acids is 1. The van der Waals surface area contributed by atoms with Crippen molar-refractivity contribution in [3.8, 4) is 0 Å². The molecule has 0 rings (SSSR count). The van der Waals surface area contributed by atoms with Crippen molar-refractivity contribution in [1.82, 2.24) is 0 Å². The van der Waals surface area contributed by atoms with Crippen molar-refractivity contribution < 1.29 is 27.1 Å². The normalized spacial score (nSPS) is 10.9. The summed E-state index contributed by atoms with van der Waals surface area (Å²) in [4.78, 5) is 12.5. The second kappa shape index (κ2) is 5.28. The van der Waals surface area contributed by atoms with E-state index in [1.165, 1.54) is 0 Å². The summed E-state index contributed by atoms with van der Waals surface area (Å²) in [6.45, 7) is -1.05. The van der Waals surface area contributed by atoms with E-state index in [1.54, 1.807) is 0 Å². The third kappa shape index (κ3) is 3.48. The largest absolute Gasteiger partial charge is 0.461 e. The van der Waals surface area contributed by atoms with Crippen molar-refractivity contribution in [2.24, 2.45) is 5.11 Å². The monoisotopic (exact) mass is 215 g/mol. The summed E-state index contributed by atoms with van der Waals surface area (Å²) >= 11 is 0. The third-order valence-corrected chi connectivity index (χ3v) is 1.03. The Kier molecular flexibility index (Phi) is 4.71. The highest BCUT2D eigenvalue weighted by Gasteiger charge is 2.50. The molecule has 0 aliphatic rings. The quantitative estimate of drug-likeness (QED) is 0.175. The predicted molar refractivity (Wildman–Crippen MR) is 35.9 cm³/mol. The van der Waals surface area contributed by atoms with Gasteiger partial charge < -0.3 is 4.74 Å². The maximum atomic E-state index is 12.1. The van der Waals surface area contributed by atoms with E-state index < -0.39 is 24.9 Å². The van der Waals surface area contributed by atoms with Crippen LogP contribution in [0.2, 0.25) is 0 Å². The van der Waals surface area contributed by atoms with E-state index in [0.717, 1.165) is 0 Å². The Morgan fingerprint density at radius 1 is 1.57 bits per heavy atom. The lowest BCUT2D eigenvalue weighted by atomic mass is 10.3. The first kappa shape index (κ1) is 12.5. The smallest absolute Gasteiger partial charge is 0.401 e. The molecule has 0 N–H and O–H groups in total. The van der Waals surface area contributed by atoms with Gasteiger partial charge in [0.2, 0.25) is 0 Å². The highest BCUT2D eigenvalue weighted by atomic mass is 19.3. The van der Waals surface area contributed by atoms with Crippen molar-refractivity contribution >= 4 is 5.97 Å². The van der Waals surface area contributed by atoms with Crippen LogP contribution in [0.15, 0.2) is 5.11 Å². The fourth-order valence-corrected chi connectivity index (χ4v) is 0.409. The van der Waals surface area contributed by atoms with Gasteiger partial charge in [-0.25, -0.2) is 13.6 Å². The maximum Gasteiger partial charge on any atom is 0.401 e. The Morgan fingerprint density at radius 2 is 2.14 bits per heavy atom. The van der Waals surface area contributed by atoms with Gasteiger partial charge in [-0.3, -0.25) is 0 Å². The molecule has 0 bridgehead atoms. The van der Waals surface area contributed by atoms with Gasteiger partial charge in [0.05, 0.1) is 13.2 Å². The predicted octanol–water partition coefficient (Wildman–Crippen LogP) is 1.74. The lowest BCUT2D eigenvalue weighted by Gasteiger charge is -2.12. The molecule has 5 nitrogen and oxygen atoms in total. The average Bonchev–Trinajstić information content (AvgIpc) is 2.11. The fourth-order valence-electron chi connectivity index (χ4n) is 0.409. The standard InChI is InChI=1S/C5H5F4N3O2/c6-3(7)5(8,9)4(13)14-2-1-11-12-10/h3H,1-2H2. The van der Waals surface area contributed by atoms with E-state index in [4.69, 9.17) is 5.53 Å². The van der Waals surface area contributed by atoms with Crippen molar-refractivity contribution in [3.63, 3.8) is 0 Å². The summed E-state index contributed by atoms with van der Waals surface area (Å²) in [5.74, 6) is -7.16. The molecule has 0 aromatic rings. The van der Waals surface area contributed by atoms with Gasteiger partial charge in [0.25, 0.3) is 0 Å². The molecule has 14 heavy (non-hydrogen) atoms. The molecule has 0 saturated heterocycles. The van der Waals surface area contributed by atoms with Crippen LogP contribution in [0.4, 0.5) is 17.6 Å². The van der Waals surface area contributed by atoms with Crippen molar-refractivity contribution in [2.45, 2.75) is 12.3 Å². The Bertz CT molecular complexity index is 251. The number of ether oxygens (including phenoxy) is 1. The SMILES string of the molecule is [N-]=[N+]=NCCOC(=O)C(F)(F)C(F)F. The molecule has 0 heterocycles. The van der Waals surface area contributed by atoms with Gasteiger partial charge in [0, 0.05) is 4.91 Å². The van der Waals surface area contributed by atoms with E-state index in [9.17, 15) is 22.4 Å². The van der Waals surface area contributed by atoms with Crippen LogP contribution in [-0.2, 0) is 9.53 Å². The zero-order valence-electron chi connectivity index (χ0n) is 6.66. The first-order valence-corrected chi connectivity index (χ1v) is 3.27. The van der Waals surface area contributed by atoms with E-state index in [1.807, 2.05) is 0 Å². The third-order valence-electron chi connectivity index (χ3n) is 1.03. The summed E-state index contributed by atoms with van der Waals surface area (Å²) < 4.78 is 51.0. The van der Waals surface area contributed by atoms with Crippen LogP contribution in [0.3, 0.4) is 0 Å². The van der Waals surface area contributed by atoms with Gasteiger partial charge in [0.15, 0.2) is 0 Å². The first-order chi connectivity index (χ1) is 6.42. The molecule has 0 unspecified atom stereocenters. The summed E-state index contributed by atoms with van der Waals surface area (Å²) in [6, 6.07) is 0. The van der Waals surface area contributed by atoms with E-state index >= 15 is 0 Å². The molecule has 0 radical (unpaired) electrons. The van der Waals surface area contributed by atoms with Gasteiger partial charge in [0.1, 0.15) is 0 Å². The molecule has 0 amide bonds. The minimum absolute atomic E-state index is 0.387. The molecule has 0 spiro atoms. The van der Waals surface area contributed by atoms with Crippen molar-refractivity contribution in [3.05, 3.63) is 10.4 Å². The zero-order valence-corrected chi connectivity index (χ0v) is 6.66. The van der Waals surface area contributed by atoms with Crippen LogP contribution in [0.25, 0.3) is 10.4 Å². The number of esters is 1. The van der Waals surface area contributed by atoms with Gasteiger partial charge >= 0.3 is 18.3 Å². The Balaban J connectivity index is 4.01. The summed E-state index contributed by atoms with van der Waals surface area (Å²) in [6.07, 6.45) is -4.12. The Morgan fingerprint density at radius 3 is 2.57 bits per heavy atom. The number of hydrogen-bond donors (Lipinski definition) is 0. The molecule has 0 aliphatic heterocycles. The molecule has 9 heteroatoms. The zero-order chi connectivity index (χ0) is 11.2. The van der Waals surface area contributed by atoms with Crippen molar-refractivity contribution in [1.29, 1.82) is 0 Å². The number of rotatable bonds is 5. The molecule has 0 atom stereocenters. The Labute approximate surface area is 75.3 Å². The van der Waals surface area contributed by atoms with Crippen LogP contribution >= 0.6 is 0 Å². The molecule has 80 valence electrons. The van der Waals surface area contributed by atoms with Crippen LogP contribution in [0.5, 0.6) is 0 Å². The number of nitrogens with zero attached hydrogens (tertiary/aromatic N) is 3. The Hall–Kier alpha value is -1.50. The molecular formula is C5H5F4N3O2. The molecular weight excluding hydrogens is 210 g/mol. The van der Waals surface area contributed by atoms with Crippen LogP contribution < -0.4 is 0 Å². The topological polar surface area (TPSA) is 75.1 Å². The number of azide groups is 1. The first-order valence-electron chi connectivity index (χ1n) is 3.27. The van der Waals surface area contributed by atoms with E-state index in [0.29, 0.717) is 0 Å². The van der Waals surface area contributed by atoms with Crippen molar-refractivity contribution in [2.75, 3.05) is 13.2 Å².